The first-order valence-electron chi connectivity index (χ1n) is 7.54. The average Bonchev–Trinajstić information content (AvgIpc) is 2.50. The average molecular weight is 379 g/mol. The standard InChI is InChI=1S/C16H26N2O4S.ClH/c1-12(2)15(17)8-9-18(3)23(20,21)11-13-6-5-7-14(10-13)16(19)22-4;/h5-7,10,12,15H,8-9,11,17H2,1-4H3;1H. The lowest BCUT2D eigenvalue weighted by molar-refractivity contribution is 0.0600. The zero-order valence-electron chi connectivity index (χ0n) is 14.6. The van der Waals surface area contributed by atoms with Crippen LogP contribution < -0.4 is 5.73 Å². The number of halogens is 1. The molecule has 0 bridgehead atoms. The first kappa shape index (κ1) is 22.9. The van der Waals surface area contributed by atoms with Crippen LogP contribution in [0, 0.1) is 5.92 Å². The normalized spacial score (nSPS) is 12.8. The molecule has 1 aromatic rings. The third kappa shape index (κ3) is 6.76. The van der Waals surface area contributed by atoms with Crippen LogP contribution in [0.25, 0.3) is 0 Å². The molecule has 2 N–H and O–H groups in total. The van der Waals surface area contributed by atoms with Gasteiger partial charge in [-0.25, -0.2) is 17.5 Å². The number of esters is 1. The predicted molar refractivity (Wildman–Crippen MR) is 97.7 cm³/mol. The summed E-state index contributed by atoms with van der Waals surface area (Å²) in [5.41, 5.74) is 6.84. The summed E-state index contributed by atoms with van der Waals surface area (Å²) in [5.74, 6) is -0.339. The van der Waals surface area contributed by atoms with Gasteiger partial charge in [0.15, 0.2) is 0 Å². The summed E-state index contributed by atoms with van der Waals surface area (Å²) in [6, 6.07) is 6.42. The van der Waals surface area contributed by atoms with Gasteiger partial charge < -0.3 is 10.5 Å². The molecule has 8 heteroatoms. The number of rotatable bonds is 8. The van der Waals surface area contributed by atoms with E-state index in [1.807, 2.05) is 13.8 Å². The second-order valence-corrected chi connectivity index (χ2v) is 8.04. The fourth-order valence-electron chi connectivity index (χ4n) is 2.03. The Balaban J connectivity index is 0.00000529. The third-order valence-electron chi connectivity index (χ3n) is 3.81. The molecule has 0 heterocycles. The van der Waals surface area contributed by atoms with Crippen molar-refractivity contribution in [3.8, 4) is 0 Å². The van der Waals surface area contributed by atoms with Crippen molar-refractivity contribution in [2.45, 2.75) is 32.1 Å². The van der Waals surface area contributed by atoms with Crippen LogP contribution in [0.1, 0.15) is 36.2 Å². The number of ether oxygens (including phenoxy) is 1. The van der Waals surface area contributed by atoms with E-state index < -0.39 is 16.0 Å². The van der Waals surface area contributed by atoms with Crippen molar-refractivity contribution < 1.29 is 17.9 Å². The zero-order valence-corrected chi connectivity index (χ0v) is 16.2. The summed E-state index contributed by atoms with van der Waals surface area (Å²) in [5, 5.41) is 0. The second kappa shape index (κ2) is 9.98. The lowest BCUT2D eigenvalue weighted by atomic mass is 10.0. The lowest BCUT2D eigenvalue weighted by Crippen LogP contribution is -2.35. The van der Waals surface area contributed by atoms with E-state index in [4.69, 9.17) is 5.73 Å². The highest BCUT2D eigenvalue weighted by Gasteiger charge is 2.20. The van der Waals surface area contributed by atoms with Gasteiger partial charge in [0.25, 0.3) is 0 Å². The largest absolute Gasteiger partial charge is 0.465 e. The van der Waals surface area contributed by atoms with Crippen LogP contribution in [0.15, 0.2) is 24.3 Å². The van der Waals surface area contributed by atoms with E-state index in [0.717, 1.165) is 0 Å². The van der Waals surface area contributed by atoms with Gasteiger partial charge >= 0.3 is 5.97 Å². The van der Waals surface area contributed by atoms with Crippen LogP contribution >= 0.6 is 12.4 Å². The van der Waals surface area contributed by atoms with Crippen LogP contribution in [0.2, 0.25) is 0 Å². The third-order valence-corrected chi connectivity index (χ3v) is 5.64. The van der Waals surface area contributed by atoms with Crippen LogP contribution in [-0.2, 0) is 20.5 Å². The molecule has 0 aromatic heterocycles. The molecule has 0 aliphatic carbocycles. The van der Waals surface area contributed by atoms with Gasteiger partial charge in [-0.05, 0) is 30.0 Å². The van der Waals surface area contributed by atoms with E-state index in [1.165, 1.54) is 17.5 Å². The van der Waals surface area contributed by atoms with Crippen LogP contribution in [0.5, 0.6) is 0 Å². The summed E-state index contributed by atoms with van der Waals surface area (Å²) in [6.45, 7) is 4.40. The number of sulfonamides is 1. The van der Waals surface area contributed by atoms with E-state index in [2.05, 4.69) is 4.74 Å². The number of hydrogen-bond donors (Lipinski definition) is 1. The predicted octanol–water partition coefficient (Wildman–Crippen LogP) is 2.03. The molecular weight excluding hydrogens is 352 g/mol. The topological polar surface area (TPSA) is 89.7 Å². The monoisotopic (exact) mass is 378 g/mol. The number of nitrogens with zero attached hydrogens (tertiary/aromatic N) is 1. The summed E-state index contributed by atoms with van der Waals surface area (Å²) < 4.78 is 30.8. The maximum absolute atomic E-state index is 12.4. The molecule has 0 saturated carbocycles. The molecule has 1 atom stereocenters. The van der Waals surface area contributed by atoms with E-state index in [1.54, 1.807) is 25.2 Å². The highest BCUT2D eigenvalue weighted by Crippen LogP contribution is 2.14. The zero-order chi connectivity index (χ0) is 17.6. The van der Waals surface area contributed by atoms with Gasteiger partial charge in [0, 0.05) is 19.6 Å². The van der Waals surface area contributed by atoms with Gasteiger partial charge in [-0.1, -0.05) is 26.0 Å². The fraction of sp³-hybridized carbons (Fsp3) is 0.562. The minimum absolute atomic E-state index is 0. The summed E-state index contributed by atoms with van der Waals surface area (Å²) in [6.07, 6.45) is 0.607. The SMILES string of the molecule is COC(=O)c1cccc(CS(=O)(=O)N(C)CCC(N)C(C)C)c1.Cl. The molecule has 0 radical (unpaired) electrons. The highest BCUT2D eigenvalue weighted by atomic mass is 35.5. The molecule has 0 amide bonds. The lowest BCUT2D eigenvalue weighted by Gasteiger charge is -2.21. The van der Waals surface area contributed by atoms with Gasteiger partial charge in [0.05, 0.1) is 18.4 Å². The van der Waals surface area contributed by atoms with Gasteiger partial charge in [0.1, 0.15) is 0 Å². The number of carbonyl (C=O) groups is 1. The molecule has 1 rings (SSSR count). The summed E-state index contributed by atoms with van der Waals surface area (Å²) >= 11 is 0. The molecular formula is C16H27ClN2O4S. The Morgan fingerprint density at radius 2 is 1.96 bits per heavy atom. The van der Waals surface area contributed by atoms with Crippen molar-refractivity contribution in [3.63, 3.8) is 0 Å². The van der Waals surface area contributed by atoms with Crippen molar-refractivity contribution in [2.24, 2.45) is 11.7 Å². The molecule has 0 fully saturated rings. The first-order chi connectivity index (χ1) is 10.7. The summed E-state index contributed by atoms with van der Waals surface area (Å²) in [4.78, 5) is 11.5. The molecule has 6 nitrogen and oxygen atoms in total. The van der Waals surface area contributed by atoms with Crippen molar-refractivity contribution in [3.05, 3.63) is 35.4 Å². The number of nitrogens with two attached hydrogens (primary N) is 1. The molecule has 0 saturated heterocycles. The minimum Gasteiger partial charge on any atom is -0.465 e. The van der Waals surface area contributed by atoms with E-state index in [-0.39, 0.29) is 24.2 Å². The van der Waals surface area contributed by atoms with Gasteiger partial charge in [0.2, 0.25) is 10.0 Å². The van der Waals surface area contributed by atoms with Crippen molar-refractivity contribution in [1.29, 1.82) is 0 Å². The Bertz CT molecular complexity index is 635. The Labute approximate surface area is 150 Å². The Kier molecular flexibility index (Phi) is 9.50. The minimum atomic E-state index is -3.46. The van der Waals surface area contributed by atoms with Crippen LogP contribution in [-0.4, -0.2) is 45.4 Å². The number of methoxy groups -OCH3 is 1. The van der Waals surface area contributed by atoms with Crippen molar-refractivity contribution in [1.82, 2.24) is 4.31 Å². The molecule has 0 aliphatic rings. The van der Waals surface area contributed by atoms with E-state index in [9.17, 15) is 13.2 Å². The molecule has 0 aliphatic heterocycles. The van der Waals surface area contributed by atoms with Crippen molar-refractivity contribution in [2.75, 3.05) is 20.7 Å². The fourth-order valence-corrected chi connectivity index (χ4v) is 3.23. The maximum Gasteiger partial charge on any atom is 0.337 e. The van der Waals surface area contributed by atoms with Gasteiger partial charge in [-0.3, -0.25) is 0 Å². The van der Waals surface area contributed by atoms with Crippen LogP contribution in [0.3, 0.4) is 0 Å². The van der Waals surface area contributed by atoms with E-state index in [0.29, 0.717) is 30.0 Å². The molecule has 1 unspecified atom stereocenters. The number of hydrogen-bond acceptors (Lipinski definition) is 5. The van der Waals surface area contributed by atoms with E-state index >= 15 is 0 Å². The molecule has 0 spiro atoms. The molecule has 24 heavy (non-hydrogen) atoms. The van der Waals surface area contributed by atoms with Gasteiger partial charge in [-0.15, -0.1) is 12.4 Å². The van der Waals surface area contributed by atoms with Crippen LogP contribution in [0.4, 0.5) is 0 Å². The van der Waals surface area contributed by atoms with Gasteiger partial charge in [-0.2, -0.15) is 0 Å². The summed E-state index contributed by atoms with van der Waals surface area (Å²) in [7, 11) is -0.621. The first-order valence-corrected chi connectivity index (χ1v) is 9.15. The quantitative estimate of drug-likeness (QED) is 0.699. The smallest absolute Gasteiger partial charge is 0.337 e. The Morgan fingerprint density at radius 3 is 2.50 bits per heavy atom. The Hall–Kier alpha value is -1.15. The Morgan fingerprint density at radius 1 is 1.33 bits per heavy atom. The molecule has 138 valence electrons. The number of benzene rings is 1. The van der Waals surface area contributed by atoms with Crippen molar-refractivity contribution >= 4 is 28.4 Å². The molecule has 1 aromatic carbocycles. The highest BCUT2D eigenvalue weighted by molar-refractivity contribution is 7.88. The number of carbonyl (C=O) groups excluding carboxylic acids is 1. The maximum atomic E-state index is 12.4. The second-order valence-electron chi connectivity index (χ2n) is 5.97.